The molecular formula is C21H18N4S. The lowest BCUT2D eigenvalue weighted by Crippen LogP contribution is -2.18. The van der Waals surface area contributed by atoms with Crippen molar-refractivity contribution in [2.24, 2.45) is 0 Å². The van der Waals surface area contributed by atoms with Crippen LogP contribution in [0.2, 0.25) is 0 Å². The summed E-state index contributed by atoms with van der Waals surface area (Å²) in [4.78, 5) is 0. The summed E-state index contributed by atoms with van der Waals surface area (Å²) in [6.45, 7) is 0.728. The lowest BCUT2D eigenvalue weighted by molar-refractivity contribution is 0.687. The molecule has 0 aliphatic heterocycles. The summed E-state index contributed by atoms with van der Waals surface area (Å²) in [5.41, 5.74) is 3.05. The second kappa shape index (κ2) is 7.37. The largest absolute Gasteiger partial charge is 0.332 e. The van der Waals surface area contributed by atoms with Crippen LogP contribution in [-0.2, 0) is 6.54 Å². The molecule has 0 unspecified atom stereocenters. The standard InChI is InChI=1S/C21H18N4S/c26-21(24-20-12-6-10-17-9-4-5-11-19(17)20)23-18-13-22-25(15-18)14-16-7-2-1-3-8-16/h1-13,15H,14H2,(H2,23,24,26). The van der Waals surface area contributed by atoms with Crippen molar-refractivity contribution in [3.8, 4) is 0 Å². The van der Waals surface area contributed by atoms with Crippen LogP contribution in [0.25, 0.3) is 10.8 Å². The van der Waals surface area contributed by atoms with Crippen molar-refractivity contribution in [3.63, 3.8) is 0 Å². The molecule has 0 atom stereocenters. The molecule has 0 fully saturated rings. The quantitative estimate of drug-likeness (QED) is 0.510. The van der Waals surface area contributed by atoms with Gasteiger partial charge in [-0.05, 0) is 29.2 Å². The molecule has 0 aliphatic rings. The van der Waals surface area contributed by atoms with Crippen molar-refractivity contribution in [2.75, 3.05) is 10.6 Å². The van der Waals surface area contributed by atoms with Crippen LogP contribution in [0.5, 0.6) is 0 Å². The van der Waals surface area contributed by atoms with Gasteiger partial charge in [0.25, 0.3) is 0 Å². The Morgan fingerprint density at radius 2 is 1.65 bits per heavy atom. The van der Waals surface area contributed by atoms with Crippen molar-refractivity contribution >= 4 is 39.5 Å². The van der Waals surface area contributed by atoms with E-state index in [1.807, 2.05) is 53.3 Å². The highest BCUT2D eigenvalue weighted by molar-refractivity contribution is 7.80. The second-order valence-corrected chi connectivity index (χ2v) is 6.43. The van der Waals surface area contributed by atoms with Gasteiger partial charge >= 0.3 is 0 Å². The van der Waals surface area contributed by atoms with E-state index in [2.05, 4.69) is 46.1 Å². The van der Waals surface area contributed by atoms with E-state index in [-0.39, 0.29) is 0 Å². The van der Waals surface area contributed by atoms with Crippen LogP contribution >= 0.6 is 12.2 Å². The number of nitrogens with zero attached hydrogens (tertiary/aromatic N) is 2. The van der Waals surface area contributed by atoms with E-state index in [1.165, 1.54) is 10.9 Å². The molecule has 0 spiro atoms. The summed E-state index contributed by atoms with van der Waals surface area (Å²) in [5.74, 6) is 0. The first-order valence-electron chi connectivity index (χ1n) is 8.40. The predicted octanol–water partition coefficient (Wildman–Crippen LogP) is 4.89. The summed E-state index contributed by atoms with van der Waals surface area (Å²) < 4.78 is 1.89. The summed E-state index contributed by atoms with van der Waals surface area (Å²) in [6.07, 6.45) is 3.73. The summed E-state index contributed by atoms with van der Waals surface area (Å²) in [7, 11) is 0. The Morgan fingerprint density at radius 3 is 2.54 bits per heavy atom. The van der Waals surface area contributed by atoms with Crippen LogP contribution in [0, 0.1) is 0 Å². The van der Waals surface area contributed by atoms with Crippen LogP contribution in [0.15, 0.2) is 85.2 Å². The molecule has 4 nitrogen and oxygen atoms in total. The van der Waals surface area contributed by atoms with Crippen LogP contribution in [0.3, 0.4) is 0 Å². The Bertz CT molecular complexity index is 1030. The van der Waals surface area contributed by atoms with Crippen LogP contribution < -0.4 is 10.6 Å². The molecule has 0 aliphatic carbocycles. The van der Waals surface area contributed by atoms with E-state index in [0.717, 1.165) is 23.3 Å². The van der Waals surface area contributed by atoms with E-state index in [4.69, 9.17) is 12.2 Å². The maximum atomic E-state index is 5.46. The van der Waals surface area contributed by atoms with Gasteiger partial charge < -0.3 is 10.6 Å². The maximum Gasteiger partial charge on any atom is 0.175 e. The lowest BCUT2D eigenvalue weighted by atomic mass is 10.1. The predicted molar refractivity (Wildman–Crippen MR) is 112 cm³/mol. The topological polar surface area (TPSA) is 41.9 Å². The third-order valence-electron chi connectivity index (χ3n) is 4.12. The smallest absolute Gasteiger partial charge is 0.175 e. The highest BCUT2D eigenvalue weighted by Gasteiger charge is 2.05. The highest BCUT2D eigenvalue weighted by atomic mass is 32.1. The van der Waals surface area contributed by atoms with Crippen molar-refractivity contribution in [2.45, 2.75) is 6.54 Å². The number of anilines is 2. The Labute approximate surface area is 157 Å². The number of thiocarbonyl (C=S) groups is 1. The molecule has 0 radical (unpaired) electrons. The number of hydrogen-bond donors (Lipinski definition) is 2. The van der Waals surface area contributed by atoms with Gasteiger partial charge in [0.15, 0.2) is 5.11 Å². The third kappa shape index (κ3) is 3.73. The first-order chi connectivity index (χ1) is 12.8. The highest BCUT2D eigenvalue weighted by Crippen LogP contribution is 2.23. The van der Waals surface area contributed by atoms with E-state index in [1.54, 1.807) is 6.20 Å². The van der Waals surface area contributed by atoms with E-state index < -0.39 is 0 Å². The Kier molecular flexibility index (Phi) is 4.62. The Balaban J connectivity index is 1.44. The van der Waals surface area contributed by atoms with Crippen LogP contribution in [0.4, 0.5) is 11.4 Å². The number of nitrogens with one attached hydrogen (secondary N) is 2. The fraction of sp³-hybridized carbons (Fsp3) is 0.0476. The van der Waals surface area contributed by atoms with Crippen molar-refractivity contribution in [3.05, 3.63) is 90.8 Å². The van der Waals surface area contributed by atoms with Gasteiger partial charge in [0.2, 0.25) is 0 Å². The minimum atomic E-state index is 0.542. The van der Waals surface area contributed by atoms with Gasteiger partial charge in [-0.25, -0.2) is 0 Å². The summed E-state index contributed by atoms with van der Waals surface area (Å²) in [6, 6.07) is 24.6. The van der Waals surface area contributed by atoms with Crippen molar-refractivity contribution in [1.29, 1.82) is 0 Å². The van der Waals surface area contributed by atoms with Crippen molar-refractivity contribution in [1.82, 2.24) is 9.78 Å². The number of fused-ring (bicyclic) bond motifs is 1. The van der Waals surface area contributed by atoms with Gasteiger partial charge in [-0.3, -0.25) is 4.68 Å². The molecule has 4 rings (SSSR count). The molecule has 2 N–H and O–H groups in total. The van der Waals surface area contributed by atoms with Crippen LogP contribution in [-0.4, -0.2) is 14.9 Å². The minimum absolute atomic E-state index is 0.542. The molecule has 128 valence electrons. The molecule has 26 heavy (non-hydrogen) atoms. The van der Waals surface area contributed by atoms with Crippen molar-refractivity contribution < 1.29 is 0 Å². The molecule has 0 saturated heterocycles. The SMILES string of the molecule is S=C(Nc1cnn(Cc2ccccc2)c1)Nc1cccc2ccccc12. The maximum absolute atomic E-state index is 5.46. The van der Waals surface area contributed by atoms with Crippen LogP contribution in [0.1, 0.15) is 5.56 Å². The molecule has 3 aromatic carbocycles. The Hall–Kier alpha value is -3.18. The average molecular weight is 358 g/mol. The van der Waals surface area contributed by atoms with E-state index >= 15 is 0 Å². The second-order valence-electron chi connectivity index (χ2n) is 6.02. The molecule has 0 amide bonds. The molecule has 1 heterocycles. The molecule has 1 aromatic heterocycles. The molecule has 5 heteroatoms. The number of benzene rings is 3. The van der Waals surface area contributed by atoms with Gasteiger partial charge in [-0.1, -0.05) is 66.7 Å². The molecule has 0 saturated carbocycles. The fourth-order valence-electron chi connectivity index (χ4n) is 2.90. The zero-order valence-corrected chi connectivity index (χ0v) is 14.9. The first kappa shape index (κ1) is 16.3. The third-order valence-corrected chi connectivity index (χ3v) is 4.32. The summed E-state index contributed by atoms with van der Waals surface area (Å²) in [5, 5.41) is 13.7. The Morgan fingerprint density at radius 1 is 0.885 bits per heavy atom. The number of aromatic nitrogens is 2. The zero-order chi connectivity index (χ0) is 17.8. The van der Waals surface area contributed by atoms with Gasteiger partial charge in [-0.15, -0.1) is 0 Å². The van der Waals surface area contributed by atoms with Gasteiger partial charge in [0, 0.05) is 17.3 Å². The normalized spacial score (nSPS) is 10.6. The summed E-state index contributed by atoms with van der Waals surface area (Å²) >= 11 is 5.46. The van der Waals surface area contributed by atoms with E-state index in [9.17, 15) is 0 Å². The van der Waals surface area contributed by atoms with Gasteiger partial charge in [0.05, 0.1) is 18.4 Å². The lowest BCUT2D eigenvalue weighted by Gasteiger charge is -2.11. The fourth-order valence-corrected chi connectivity index (χ4v) is 3.13. The monoisotopic (exact) mass is 358 g/mol. The van der Waals surface area contributed by atoms with Gasteiger partial charge in [0.1, 0.15) is 0 Å². The average Bonchev–Trinajstić information content (AvgIpc) is 3.09. The molecular weight excluding hydrogens is 340 g/mol. The zero-order valence-electron chi connectivity index (χ0n) is 14.1. The molecule has 0 bridgehead atoms. The van der Waals surface area contributed by atoms with E-state index in [0.29, 0.717) is 5.11 Å². The number of hydrogen-bond acceptors (Lipinski definition) is 2. The first-order valence-corrected chi connectivity index (χ1v) is 8.81. The number of rotatable bonds is 4. The van der Waals surface area contributed by atoms with Gasteiger partial charge in [-0.2, -0.15) is 5.10 Å². The minimum Gasteiger partial charge on any atom is -0.332 e. The molecule has 4 aromatic rings.